The molecule has 2 amide bonds. The van der Waals surface area contributed by atoms with Crippen LogP contribution in [0.25, 0.3) is 5.78 Å². The Bertz CT molecular complexity index is 1150. The normalized spacial score (nSPS) is 15.5. The number of carbonyl (C=O) groups is 2. The number of nitrogens with zero attached hydrogens (tertiary/aromatic N) is 5. The third kappa shape index (κ3) is 5.52. The van der Waals surface area contributed by atoms with E-state index in [1.165, 1.54) is 18.8 Å². The fourth-order valence-corrected chi connectivity index (χ4v) is 4.42. The zero-order valence-electron chi connectivity index (χ0n) is 20.3. The molecular formula is C25H33N7O2. The van der Waals surface area contributed by atoms with Gasteiger partial charge in [-0.3, -0.25) is 9.59 Å². The van der Waals surface area contributed by atoms with Crippen LogP contribution in [0.5, 0.6) is 0 Å². The Morgan fingerprint density at radius 3 is 2.50 bits per heavy atom. The first-order valence-electron chi connectivity index (χ1n) is 11.9. The number of aromatic nitrogens is 4. The summed E-state index contributed by atoms with van der Waals surface area (Å²) in [7, 11) is 0. The van der Waals surface area contributed by atoms with Gasteiger partial charge in [0, 0.05) is 44.2 Å². The van der Waals surface area contributed by atoms with Crippen LogP contribution in [-0.2, 0) is 16.0 Å². The number of hydrogen-bond donors (Lipinski definition) is 2. The van der Waals surface area contributed by atoms with Crippen LogP contribution in [0.15, 0.2) is 36.7 Å². The van der Waals surface area contributed by atoms with Crippen molar-refractivity contribution in [2.45, 2.75) is 65.0 Å². The summed E-state index contributed by atoms with van der Waals surface area (Å²) in [5.41, 5.74) is 3.17. The molecule has 3 heterocycles. The van der Waals surface area contributed by atoms with Crippen molar-refractivity contribution in [2.24, 2.45) is 0 Å². The van der Waals surface area contributed by atoms with Gasteiger partial charge in [-0.15, -0.1) is 0 Å². The van der Waals surface area contributed by atoms with Gasteiger partial charge >= 0.3 is 0 Å². The van der Waals surface area contributed by atoms with Gasteiger partial charge in [-0.1, -0.05) is 38.1 Å². The first-order chi connectivity index (χ1) is 16.3. The number of rotatable bonds is 7. The van der Waals surface area contributed by atoms with Crippen molar-refractivity contribution in [1.29, 1.82) is 0 Å². The maximum Gasteiger partial charge on any atom is 0.254 e. The second-order valence-electron chi connectivity index (χ2n) is 9.35. The van der Waals surface area contributed by atoms with Crippen molar-refractivity contribution in [1.82, 2.24) is 30.2 Å². The predicted molar refractivity (Wildman–Crippen MR) is 131 cm³/mol. The molecule has 4 rings (SSSR count). The van der Waals surface area contributed by atoms with Gasteiger partial charge in [0.2, 0.25) is 11.8 Å². The van der Waals surface area contributed by atoms with Gasteiger partial charge < -0.3 is 15.5 Å². The summed E-state index contributed by atoms with van der Waals surface area (Å²) >= 11 is 0. The van der Waals surface area contributed by atoms with Crippen molar-refractivity contribution in [3.8, 4) is 0 Å². The topological polar surface area (TPSA) is 105 Å². The first kappa shape index (κ1) is 23.7. The number of piperidine rings is 1. The average molecular weight is 464 g/mol. The minimum absolute atomic E-state index is 0.0532. The summed E-state index contributed by atoms with van der Waals surface area (Å²) in [6.45, 7) is 9.26. The van der Waals surface area contributed by atoms with Gasteiger partial charge in [0.25, 0.3) is 5.78 Å². The van der Waals surface area contributed by atoms with Crippen LogP contribution in [0.3, 0.4) is 0 Å². The lowest BCUT2D eigenvalue weighted by Crippen LogP contribution is -2.52. The highest BCUT2D eigenvalue weighted by atomic mass is 16.2. The van der Waals surface area contributed by atoms with Gasteiger partial charge in [-0.05, 0) is 36.8 Å². The molecule has 1 atom stereocenters. The molecule has 1 fully saturated rings. The van der Waals surface area contributed by atoms with Crippen molar-refractivity contribution >= 4 is 23.4 Å². The molecule has 0 bridgehead atoms. The lowest BCUT2D eigenvalue weighted by Gasteiger charge is -2.34. The van der Waals surface area contributed by atoms with Crippen LogP contribution in [0.2, 0.25) is 0 Å². The fourth-order valence-electron chi connectivity index (χ4n) is 4.42. The third-order valence-electron chi connectivity index (χ3n) is 6.31. The zero-order valence-corrected chi connectivity index (χ0v) is 20.3. The smallest absolute Gasteiger partial charge is 0.254 e. The maximum absolute atomic E-state index is 13.1. The number of amides is 2. The quantitative estimate of drug-likeness (QED) is 0.558. The van der Waals surface area contributed by atoms with Gasteiger partial charge in [-0.25, -0.2) is 4.98 Å². The van der Waals surface area contributed by atoms with Crippen molar-refractivity contribution in [2.75, 3.05) is 18.0 Å². The molecule has 0 spiro atoms. The second-order valence-corrected chi connectivity index (χ2v) is 9.35. The van der Waals surface area contributed by atoms with Crippen LogP contribution in [0.4, 0.5) is 5.82 Å². The zero-order chi connectivity index (χ0) is 24.2. The molecule has 1 aromatic carbocycles. The lowest BCUT2D eigenvalue weighted by molar-refractivity contribution is -0.128. The van der Waals surface area contributed by atoms with Gasteiger partial charge in [0.1, 0.15) is 18.2 Å². The molecule has 2 N–H and O–H groups in total. The highest BCUT2D eigenvalue weighted by Crippen LogP contribution is 2.21. The van der Waals surface area contributed by atoms with E-state index in [1.807, 2.05) is 25.1 Å². The minimum Gasteiger partial charge on any atom is -0.356 e. The Morgan fingerprint density at radius 1 is 1.15 bits per heavy atom. The van der Waals surface area contributed by atoms with E-state index in [9.17, 15) is 9.59 Å². The van der Waals surface area contributed by atoms with E-state index < -0.39 is 6.04 Å². The fraction of sp³-hybridized carbons (Fsp3) is 0.480. The number of benzene rings is 1. The van der Waals surface area contributed by atoms with E-state index in [-0.39, 0.29) is 17.9 Å². The molecule has 34 heavy (non-hydrogen) atoms. The first-order valence-corrected chi connectivity index (χ1v) is 11.9. The van der Waals surface area contributed by atoms with Crippen LogP contribution < -0.4 is 15.5 Å². The van der Waals surface area contributed by atoms with Crippen LogP contribution in [0, 0.1) is 6.92 Å². The van der Waals surface area contributed by atoms with Crippen molar-refractivity contribution in [3.63, 3.8) is 0 Å². The predicted octanol–water partition coefficient (Wildman–Crippen LogP) is 2.39. The number of carbonyl (C=O) groups excluding carboxylic acids is 2. The van der Waals surface area contributed by atoms with Crippen LogP contribution in [-0.4, -0.2) is 56.6 Å². The van der Waals surface area contributed by atoms with E-state index in [4.69, 9.17) is 0 Å². The minimum atomic E-state index is -0.599. The van der Waals surface area contributed by atoms with Crippen LogP contribution >= 0.6 is 0 Å². The van der Waals surface area contributed by atoms with Crippen molar-refractivity contribution in [3.05, 3.63) is 53.5 Å². The summed E-state index contributed by atoms with van der Waals surface area (Å²) in [4.78, 5) is 35.7. The molecule has 9 heteroatoms. The second kappa shape index (κ2) is 10.2. The summed E-state index contributed by atoms with van der Waals surface area (Å²) < 4.78 is 1.75. The number of aryl methyl sites for hydroxylation is 1. The van der Waals surface area contributed by atoms with E-state index in [1.54, 1.807) is 4.52 Å². The molecule has 0 radical (unpaired) electrons. The average Bonchev–Trinajstić information content (AvgIpc) is 3.27. The van der Waals surface area contributed by atoms with E-state index >= 15 is 0 Å². The van der Waals surface area contributed by atoms with Gasteiger partial charge in [0.15, 0.2) is 0 Å². The van der Waals surface area contributed by atoms with Gasteiger partial charge in [0.05, 0.1) is 0 Å². The Kier molecular flexibility index (Phi) is 7.09. The Labute approximate surface area is 200 Å². The highest BCUT2D eigenvalue weighted by Gasteiger charge is 2.27. The molecule has 2 aromatic heterocycles. The molecule has 3 aromatic rings. The largest absolute Gasteiger partial charge is 0.356 e. The summed E-state index contributed by atoms with van der Waals surface area (Å²) in [5.74, 6) is 1.65. The molecule has 0 unspecified atom stereocenters. The standard InChI is InChI=1S/C25H33N7O2/c1-16(2)20-7-5-19(6-8-20)14-22(29-18(4)33)24(34)30-21-9-11-31(12-10-21)23-13-17(3)28-25-26-15-27-32(23)25/h5-8,13,15-16,21-22H,9-12,14H2,1-4H3,(H,29,33)(H,30,34)/t22-/m0/s1. The molecule has 0 saturated carbocycles. The monoisotopic (exact) mass is 463 g/mol. The number of hydrogen-bond acceptors (Lipinski definition) is 6. The molecule has 9 nitrogen and oxygen atoms in total. The lowest BCUT2D eigenvalue weighted by atomic mass is 9.98. The van der Waals surface area contributed by atoms with Crippen LogP contribution in [0.1, 0.15) is 56.4 Å². The number of nitrogens with one attached hydrogen (secondary N) is 2. The molecular weight excluding hydrogens is 430 g/mol. The molecule has 0 aliphatic carbocycles. The highest BCUT2D eigenvalue weighted by molar-refractivity contribution is 5.87. The SMILES string of the molecule is CC(=O)N[C@@H](Cc1ccc(C(C)C)cc1)C(=O)NC1CCN(c2cc(C)nc3ncnn23)CC1. The molecule has 1 aliphatic heterocycles. The third-order valence-corrected chi connectivity index (χ3v) is 6.31. The number of fused-ring (bicyclic) bond motifs is 1. The summed E-state index contributed by atoms with van der Waals surface area (Å²) in [6.07, 6.45) is 3.58. The molecule has 180 valence electrons. The summed E-state index contributed by atoms with van der Waals surface area (Å²) in [5, 5.41) is 10.3. The Hall–Kier alpha value is -3.49. The summed E-state index contributed by atoms with van der Waals surface area (Å²) in [6, 6.07) is 9.72. The van der Waals surface area contributed by atoms with E-state index in [0.29, 0.717) is 18.1 Å². The maximum atomic E-state index is 13.1. The van der Waals surface area contributed by atoms with Gasteiger partial charge in [-0.2, -0.15) is 14.6 Å². The Balaban J connectivity index is 1.37. The van der Waals surface area contributed by atoms with E-state index in [0.717, 1.165) is 43.0 Å². The van der Waals surface area contributed by atoms with E-state index in [2.05, 4.69) is 56.6 Å². The van der Waals surface area contributed by atoms with Crippen molar-refractivity contribution < 1.29 is 9.59 Å². The number of anilines is 1. The molecule has 1 aliphatic rings. The molecule has 1 saturated heterocycles. The Morgan fingerprint density at radius 2 is 1.85 bits per heavy atom.